The van der Waals surface area contributed by atoms with Crippen LogP contribution in [0.2, 0.25) is 0 Å². The van der Waals surface area contributed by atoms with Crippen molar-refractivity contribution in [3.05, 3.63) is 28.2 Å². The third-order valence-electron chi connectivity index (χ3n) is 3.92. The molecule has 4 heteroatoms. The van der Waals surface area contributed by atoms with Gasteiger partial charge < -0.3 is 10.6 Å². The standard InChI is InChI=1S/C15H21BrN2S/c1-15(2)6-3-8-18(9-7-15)11-4-5-12(14(17)19)13(16)10-11/h4-5,10H,3,6-9H2,1-2H3,(H2,17,19). The molecule has 0 aliphatic carbocycles. The molecule has 0 atom stereocenters. The second kappa shape index (κ2) is 5.80. The topological polar surface area (TPSA) is 29.3 Å². The van der Waals surface area contributed by atoms with Crippen LogP contribution < -0.4 is 10.6 Å². The Labute approximate surface area is 129 Å². The maximum absolute atomic E-state index is 5.69. The Morgan fingerprint density at radius 1 is 1.32 bits per heavy atom. The molecule has 0 radical (unpaired) electrons. The van der Waals surface area contributed by atoms with Gasteiger partial charge in [0, 0.05) is 28.8 Å². The van der Waals surface area contributed by atoms with E-state index in [4.69, 9.17) is 18.0 Å². The van der Waals surface area contributed by atoms with Crippen molar-refractivity contribution in [1.29, 1.82) is 0 Å². The molecule has 104 valence electrons. The monoisotopic (exact) mass is 340 g/mol. The molecule has 1 aromatic carbocycles. The summed E-state index contributed by atoms with van der Waals surface area (Å²) in [7, 11) is 0. The van der Waals surface area contributed by atoms with Gasteiger partial charge >= 0.3 is 0 Å². The summed E-state index contributed by atoms with van der Waals surface area (Å²) < 4.78 is 0.987. The minimum absolute atomic E-state index is 0.440. The van der Waals surface area contributed by atoms with Gasteiger partial charge in [0.1, 0.15) is 4.99 Å². The number of thiocarbonyl (C=S) groups is 1. The molecule has 1 aromatic rings. The van der Waals surface area contributed by atoms with Crippen LogP contribution in [-0.2, 0) is 0 Å². The van der Waals surface area contributed by atoms with Gasteiger partial charge in [-0.3, -0.25) is 0 Å². The van der Waals surface area contributed by atoms with Crippen LogP contribution in [0.5, 0.6) is 0 Å². The van der Waals surface area contributed by atoms with Gasteiger partial charge in [-0.1, -0.05) is 26.1 Å². The molecule has 1 aliphatic heterocycles. The molecular formula is C15H21BrN2S. The minimum atomic E-state index is 0.440. The maximum Gasteiger partial charge on any atom is 0.105 e. The second-order valence-corrected chi connectivity index (χ2v) is 7.33. The summed E-state index contributed by atoms with van der Waals surface area (Å²) in [5.41, 5.74) is 8.32. The number of nitrogens with two attached hydrogens (primary N) is 1. The first-order chi connectivity index (χ1) is 8.89. The SMILES string of the molecule is CC1(C)CCCN(c2ccc(C(N)=S)c(Br)c2)CC1. The fourth-order valence-electron chi connectivity index (χ4n) is 2.58. The minimum Gasteiger partial charge on any atom is -0.389 e. The van der Waals surface area contributed by atoms with Crippen molar-refractivity contribution >= 4 is 38.8 Å². The molecule has 0 unspecified atom stereocenters. The van der Waals surface area contributed by atoms with E-state index >= 15 is 0 Å². The quantitative estimate of drug-likeness (QED) is 0.821. The third-order valence-corrected chi connectivity index (χ3v) is 4.80. The van der Waals surface area contributed by atoms with Crippen LogP contribution in [0.25, 0.3) is 0 Å². The smallest absolute Gasteiger partial charge is 0.105 e. The van der Waals surface area contributed by atoms with Crippen LogP contribution in [0.15, 0.2) is 22.7 Å². The molecule has 1 aliphatic rings. The number of halogens is 1. The third kappa shape index (κ3) is 3.69. The Hall–Kier alpha value is -0.610. The molecule has 2 nitrogen and oxygen atoms in total. The zero-order chi connectivity index (χ0) is 14.0. The lowest BCUT2D eigenvalue weighted by molar-refractivity contribution is 0.325. The lowest BCUT2D eigenvalue weighted by atomic mass is 9.85. The van der Waals surface area contributed by atoms with Crippen LogP contribution in [0.1, 0.15) is 38.7 Å². The summed E-state index contributed by atoms with van der Waals surface area (Å²) in [5.74, 6) is 0. The summed E-state index contributed by atoms with van der Waals surface area (Å²) >= 11 is 8.60. The van der Waals surface area contributed by atoms with Crippen molar-refractivity contribution in [1.82, 2.24) is 0 Å². The van der Waals surface area contributed by atoms with E-state index in [1.54, 1.807) is 0 Å². The number of hydrogen-bond acceptors (Lipinski definition) is 2. The average Bonchev–Trinajstić information content (AvgIpc) is 2.49. The Kier molecular flexibility index (Phi) is 4.51. The molecule has 0 amide bonds. The molecule has 19 heavy (non-hydrogen) atoms. The van der Waals surface area contributed by atoms with E-state index in [-0.39, 0.29) is 0 Å². The Morgan fingerprint density at radius 2 is 2.05 bits per heavy atom. The van der Waals surface area contributed by atoms with Crippen LogP contribution in [0.4, 0.5) is 5.69 Å². The number of nitrogens with zero attached hydrogens (tertiary/aromatic N) is 1. The van der Waals surface area contributed by atoms with Gasteiger partial charge in [0.2, 0.25) is 0 Å². The van der Waals surface area contributed by atoms with Gasteiger partial charge in [0.25, 0.3) is 0 Å². The van der Waals surface area contributed by atoms with Crippen molar-refractivity contribution in [2.45, 2.75) is 33.1 Å². The van der Waals surface area contributed by atoms with Crippen LogP contribution in [-0.4, -0.2) is 18.1 Å². The van der Waals surface area contributed by atoms with E-state index < -0.39 is 0 Å². The molecule has 0 saturated carbocycles. The lowest BCUT2D eigenvalue weighted by Crippen LogP contribution is -2.25. The first-order valence-corrected chi connectivity index (χ1v) is 7.93. The number of rotatable bonds is 2. The van der Waals surface area contributed by atoms with E-state index in [9.17, 15) is 0 Å². The predicted molar refractivity (Wildman–Crippen MR) is 89.9 cm³/mol. The highest BCUT2D eigenvalue weighted by molar-refractivity contribution is 9.10. The van der Waals surface area contributed by atoms with Gasteiger partial charge in [0.15, 0.2) is 0 Å². The summed E-state index contributed by atoms with van der Waals surface area (Å²) in [6.07, 6.45) is 3.79. The van der Waals surface area contributed by atoms with Gasteiger partial charge in [0.05, 0.1) is 0 Å². The highest BCUT2D eigenvalue weighted by atomic mass is 79.9. The number of hydrogen-bond donors (Lipinski definition) is 1. The summed E-state index contributed by atoms with van der Waals surface area (Å²) in [6.45, 7) is 6.97. The van der Waals surface area contributed by atoms with Gasteiger partial charge in [-0.2, -0.15) is 0 Å². The Morgan fingerprint density at radius 3 is 2.68 bits per heavy atom. The second-order valence-electron chi connectivity index (χ2n) is 6.03. The molecule has 0 spiro atoms. The number of anilines is 1. The summed E-state index contributed by atoms with van der Waals surface area (Å²) in [6, 6.07) is 6.27. The first kappa shape index (κ1) is 14.8. The Balaban J connectivity index is 2.18. The highest BCUT2D eigenvalue weighted by Gasteiger charge is 2.23. The molecule has 1 heterocycles. The molecular weight excluding hydrogens is 320 g/mol. The number of benzene rings is 1. The molecule has 2 rings (SSSR count). The van der Waals surface area contributed by atoms with Crippen molar-refractivity contribution in [3.8, 4) is 0 Å². The van der Waals surface area contributed by atoms with E-state index in [0.717, 1.165) is 23.1 Å². The largest absolute Gasteiger partial charge is 0.389 e. The first-order valence-electron chi connectivity index (χ1n) is 6.73. The van der Waals surface area contributed by atoms with Crippen LogP contribution in [0, 0.1) is 5.41 Å². The highest BCUT2D eigenvalue weighted by Crippen LogP contribution is 2.32. The van der Waals surface area contributed by atoms with E-state index in [0.29, 0.717) is 10.4 Å². The van der Waals surface area contributed by atoms with E-state index in [2.05, 4.69) is 46.8 Å². The fraction of sp³-hybridized carbons (Fsp3) is 0.533. The molecule has 2 N–H and O–H groups in total. The van der Waals surface area contributed by atoms with Crippen molar-refractivity contribution in [3.63, 3.8) is 0 Å². The molecule has 1 saturated heterocycles. The van der Waals surface area contributed by atoms with Crippen LogP contribution in [0.3, 0.4) is 0 Å². The average molecular weight is 341 g/mol. The van der Waals surface area contributed by atoms with E-state index in [1.165, 1.54) is 24.9 Å². The normalized spacial score (nSPS) is 19.0. The molecule has 0 bridgehead atoms. The van der Waals surface area contributed by atoms with Crippen molar-refractivity contribution in [2.24, 2.45) is 11.1 Å². The summed E-state index contributed by atoms with van der Waals surface area (Å²) in [4.78, 5) is 2.90. The zero-order valence-electron chi connectivity index (χ0n) is 11.6. The predicted octanol–water partition coefficient (Wildman–Crippen LogP) is 4.10. The van der Waals surface area contributed by atoms with Crippen LogP contribution >= 0.6 is 28.1 Å². The van der Waals surface area contributed by atoms with Gasteiger partial charge in [-0.25, -0.2) is 0 Å². The Bertz CT molecular complexity index is 485. The van der Waals surface area contributed by atoms with Crippen molar-refractivity contribution < 1.29 is 0 Å². The lowest BCUT2D eigenvalue weighted by Gasteiger charge is -2.25. The zero-order valence-corrected chi connectivity index (χ0v) is 14.0. The van der Waals surface area contributed by atoms with Gasteiger partial charge in [-0.15, -0.1) is 0 Å². The molecule has 1 fully saturated rings. The molecule has 0 aromatic heterocycles. The summed E-state index contributed by atoms with van der Waals surface area (Å²) in [5, 5.41) is 0. The maximum atomic E-state index is 5.69. The van der Waals surface area contributed by atoms with Crippen molar-refractivity contribution in [2.75, 3.05) is 18.0 Å². The van der Waals surface area contributed by atoms with E-state index in [1.807, 2.05) is 6.07 Å². The fourth-order valence-corrected chi connectivity index (χ4v) is 3.47. The van der Waals surface area contributed by atoms with Gasteiger partial charge in [-0.05, 0) is 58.8 Å².